The minimum Gasteiger partial charge on any atom is -0.493 e. The second-order valence-corrected chi connectivity index (χ2v) is 8.98. The van der Waals surface area contributed by atoms with Crippen LogP contribution in [-0.4, -0.2) is 49.6 Å². The molecule has 0 aliphatic heterocycles. The van der Waals surface area contributed by atoms with Gasteiger partial charge in [0.25, 0.3) is 0 Å². The van der Waals surface area contributed by atoms with E-state index in [9.17, 15) is 14.7 Å². The van der Waals surface area contributed by atoms with E-state index in [0.717, 1.165) is 12.0 Å². The van der Waals surface area contributed by atoms with Gasteiger partial charge in [-0.05, 0) is 41.5 Å². The third-order valence-electron chi connectivity index (χ3n) is 5.57. The predicted molar refractivity (Wildman–Crippen MR) is 137 cm³/mol. The van der Waals surface area contributed by atoms with Crippen LogP contribution in [0.4, 0.5) is 0 Å². The number of aliphatic imine (C=N–C) groups is 1. The molecule has 8 heteroatoms. The number of rotatable bonds is 13. The van der Waals surface area contributed by atoms with Gasteiger partial charge >= 0.3 is 0 Å². The van der Waals surface area contributed by atoms with Crippen LogP contribution in [0.1, 0.15) is 37.8 Å². The Hall–Kier alpha value is -3.39. The number of guanidine groups is 1. The number of aliphatic hydroxyl groups is 1. The summed E-state index contributed by atoms with van der Waals surface area (Å²) < 4.78 is 10.5. The minimum absolute atomic E-state index is 0.0504. The monoisotopic (exact) mass is 483 g/mol. The van der Waals surface area contributed by atoms with Crippen LogP contribution in [0.15, 0.2) is 53.5 Å². The van der Waals surface area contributed by atoms with Crippen molar-refractivity contribution in [2.24, 2.45) is 22.6 Å². The molecule has 0 aliphatic carbocycles. The highest BCUT2D eigenvalue weighted by Gasteiger charge is 2.23. The van der Waals surface area contributed by atoms with Crippen molar-refractivity contribution in [3.63, 3.8) is 0 Å². The number of carbonyl (C=O) groups is 2. The van der Waals surface area contributed by atoms with Crippen LogP contribution in [0.25, 0.3) is 0 Å². The largest absolute Gasteiger partial charge is 0.493 e. The standard InChI is InChI=1S/C27H37N3O5/c1-18(2)12-21(17-31)14-23(32)22(13-19-8-6-5-7-9-19)29-27(28)30-26(33)16-20-10-11-24(34-3)25(15-20)35-4/h5-11,15,18,21-22,31H,12-14,16-17H2,1-4H3,(H3,28,29,30,33)/t21-,22-/m1/s1. The number of carbonyl (C=O) groups excluding carboxylic acids is 2. The van der Waals surface area contributed by atoms with Gasteiger partial charge < -0.3 is 20.3 Å². The summed E-state index contributed by atoms with van der Waals surface area (Å²) in [6, 6.07) is 14.0. The van der Waals surface area contributed by atoms with Crippen molar-refractivity contribution in [1.29, 1.82) is 0 Å². The van der Waals surface area contributed by atoms with Gasteiger partial charge in [0.15, 0.2) is 23.2 Å². The van der Waals surface area contributed by atoms with Gasteiger partial charge in [-0.3, -0.25) is 14.9 Å². The third kappa shape index (κ3) is 9.41. The first-order valence-electron chi connectivity index (χ1n) is 11.8. The molecule has 0 bridgehead atoms. The van der Waals surface area contributed by atoms with E-state index < -0.39 is 6.04 Å². The van der Waals surface area contributed by atoms with E-state index in [1.807, 2.05) is 30.3 Å². The van der Waals surface area contributed by atoms with Gasteiger partial charge in [-0.15, -0.1) is 0 Å². The first-order valence-corrected chi connectivity index (χ1v) is 11.8. The molecule has 1 amide bonds. The molecule has 8 nitrogen and oxygen atoms in total. The molecule has 0 radical (unpaired) electrons. The van der Waals surface area contributed by atoms with E-state index in [2.05, 4.69) is 24.2 Å². The molecule has 0 saturated carbocycles. The molecule has 0 spiro atoms. The normalized spacial score (nSPS) is 13.3. The van der Waals surface area contributed by atoms with Crippen LogP contribution in [0.3, 0.4) is 0 Å². The quantitative estimate of drug-likeness (QED) is 0.297. The van der Waals surface area contributed by atoms with E-state index in [4.69, 9.17) is 15.2 Å². The third-order valence-corrected chi connectivity index (χ3v) is 5.57. The summed E-state index contributed by atoms with van der Waals surface area (Å²) in [6.07, 6.45) is 1.34. The molecule has 0 fully saturated rings. The fraction of sp³-hybridized carbons (Fsp3) is 0.444. The van der Waals surface area contributed by atoms with Gasteiger partial charge in [0.1, 0.15) is 6.04 Å². The number of ether oxygens (including phenoxy) is 2. The lowest BCUT2D eigenvalue weighted by Gasteiger charge is -2.19. The van der Waals surface area contributed by atoms with E-state index in [1.165, 1.54) is 7.11 Å². The van der Waals surface area contributed by atoms with Gasteiger partial charge in [-0.2, -0.15) is 0 Å². The summed E-state index contributed by atoms with van der Waals surface area (Å²) in [5.74, 6) is 0.706. The summed E-state index contributed by atoms with van der Waals surface area (Å²) >= 11 is 0. The molecule has 2 rings (SSSR count). The van der Waals surface area contributed by atoms with Crippen LogP contribution in [-0.2, 0) is 22.4 Å². The van der Waals surface area contributed by atoms with Crippen molar-refractivity contribution >= 4 is 17.6 Å². The lowest BCUT2D eigenvalue weighted by Crippen LogP contribution is -2.40. The van der Waals surface area contributed by atoms with E-state index in [-0.39, 0.29) is 43.0 Å². The maximum Gasteiger partial charge on any atom is 0.231 e. The molecule has 190 valence electrons. The van der Waals surface area contributed by atoms with Crippen LogP contribution < -0.4 is 20.5 Å². The fourth-order valence-corrected chi connectivity index (χ4v) is 3.94. The molecule has 0 heterocycles. The molecule has 35 heavy (non-hydrogen) atoms. The van der Waals surface area contributed by atoms with Crippen LogP contribution in [0, 0.1) is 11.8 Å². The highest BCUT2D eigenvalue weighted by molar-refractivity contribution is 5.98. The van der Waals surface area contributed by atoms with Gasteiger partial charge in [0, 0.05) is 19.4 Å². The van der Waals surface area contributed by atoms with E-state index >= 15 is 0 Å². The summed E-state index contributed by atoms with van der Waals surface area (Å²) in [5.41, 5.74) is 7.68. The van der Waals surface area contributed by atoms with Crippen LogP contribution >= 0.6 is 0 Å². The molecular weight excluding hydrogens is 446 g/mol. The number of ketones is 1. The van der Waals surface area contributed by atoms with Crippen molar-refractivity contribution in [3.05, 3.63) is 59.7 Å². The Balaban J connectivity index is 2.13. The molecule has 0 aliphatic rings. The number of aliphatic hydroxyl groups excluding tert-OH is 1. The zero-order valence-corrected chi connectivity index (χ0v) is 21.0. The minimum atomic E-state index is -0.764. The number of hydrogen-bond acceptors (Lipinski definition) is 6. The lowest BCUT2D eigenvalue weighted by molar-refractivity contribution is -0.122. The lowest BCUT2D eigenvalue weighted by atomic mass is 9.90. The Morgan fingerprint density at radius 3 is 2.31 bits per heavy atom. The highest BCUT2D eigenvalue weighted by Crippen LogP contribution is 2.27. The average Bonchev–Trinajstić information content (AvgIpc) is 2.83. The van der Waals surface area contributed by atoms with Gasteiger partial charge in [0.05, 0.1) is 20.6 Å². The van der Waals surface area contributed by atoms with Gasteiger partial charge in [-0.25, -0.2) is 4.99 Å². The predicted octanol–water partition coefficient (Wildman–Crippen LogP) is 2.90. The first kappa shape index (κ1) is 27.9. The summed E-state index contributed by atoms with van der Waals surface area (Å²) in [6.45, 7) is 4.04. The summed E-state index contributed by atoms with van der Waals surface area (Å²) in [7, 11) is 3.07. The number of nitrogens with zero attached hydrogens (tertiary/aromatic N) is 1. The summed E-state index contributed by atoms with van der Waals surface area (Å²) in [5, 5.41) is 12.3. The number of benzene rings is 2. The number of hydrogen-bond donors (Lipinski definition) is 3. The van der Waals surface area contributed by atoms with Crippen LogP contribution in [0.2, 0.25) is 0 Å². The molecule has 0 aromatic heterocycles. The van der Waals surface area contributed by atoms with Gasteiger partial charge in [0.2, 0.25) is 5.91 Å². The Kier molecular flexibility index (Phi) is 11.2. The maximum atomic E-state index is 13.1. The molecule has 0 saturated heterocycles. The van der Waals surface area contributed by atoms with Crippen molar-refractivity contribution in [2.45, 2.75) is 45.6 Å². The molecule has 0 unspecified atom stereocenters. The SMILES string of the molecule is COc1ccc(CC(=O)NC(N)=N[C@H](Cc2ccccc2)C(=O)C[C@H](CO)CC(C)C)cc1OC. The Morgan fingerprint density at radius 1 is 1.03 bits per heavy atom. The molecule has 2 aromatic rings. The number of nitrogens with two attached hydrogens (primary N) is 1. The highest BCUT2D eigenvalue weighted by atomic mass is 16.5. The molecule has 2 aromatic carbocycles. The second kappa shape index (κ2) is 14.1. The topological polar surface area (TPSA) is 123 Å². The fourth-order valence-electron chi connectivity index (χ4n) is 3.94. The van der Waals surface area contributed by atoms with E-state index in [0.29, 0.717) is 29.4 Å². The van der Waals surface area contributed by atoms with Gasteiger partial charge in [-0.1, -0.05) is 50.2 Å². The Labute approximate surface area is 207 Å². The smallest absolute Gasteiger partial charge is 0.231 e. The van der Waals surface area contributed by atoms with E-state index in [1.54, 1.807) is 25.3 Å². The Bertz CT molecular complexity index is 992. The van der Waals surface area contributed by atoms with Crippen molar-refractivity contribution in [1.82, 2.24) is 5.32 Å². The number of methoxy groups -OCH3 is 2. The van der Waals surface area contributed by atoms with Crippen molar-refractivity contribution in [3.8, 4) is 11.5 Å². The number of amides is 1. The molecule has 2 atom stereocenters. The maximum absolute atomic E-state index is 13.1. The number of Topliss-reactive ketones (excluding diaryl/α,β-unsaturated/α-hetero) is 1. The number of nitrogens with one attached hydrogen (secondary N) is 1. The first-order chi connectivity index (χ1) is 16.7. The second-order valence-electron chi connectivity index (χ2n) is 8.98. The average molecular weight is 484 g/mol. The van der Waals surface area contributed by atoms with Crippen molar-refractivity contribution < 1.29 is 24.2 Å². The van der Waals surface area contributed by atoms with Crippen molar-refractivity contribution in [2.75, 3.05) is 20.8 Å². The molecule has 4 N–H and O–H groups in total. The zero-order chi connectivity index (χ0) is 25.8. The Morgan fingerprint density at radius 2 is 1.71 bits per heavy atom. The van der Waals surface area contributed by atoms with Crippen LogP contribution in [0.5, 0.6) is 11.5 Å². The zero-order valence-electron chi connectivity index (χ0n) is 21.0. The summed E-state index contributed by atoms with van der Waals surface area (Å²) in [4.78, 5) is 30.1. The molecular formula is C27H37N3O5.